The van der Waals surface area contributed by atoms with Crippen LogP contribution < -0.4 is 4.72 Å². The quantitative estimate of drug-likeness (QED) is 0.734. The maximum atomic E-state index is 11.9. The van der Waals surface area contributed by atoms with E-state index in [2.05, 4.69) is 25.5 Å². The minimum Gasteiger partial charge on any atom is -0.380 e. The fraction of sp³-hybridized carbons (Fsp3) is 1.00. The third-order valence-electron chi connectivity index (χ3n) is 3.15. The molecule has 0 heterocycles. The van der Waals surface area contributed by atoms with Crippen LogP contribution in [0.1, 0.15) is 54.9 Å². The van der Waals surface area contributed by atoms with E-state index >= 15 is 0 Å². The minimum absolute atomic E-state index is 0.0254. The van der Waals surface area contributed by atoms with Gasteiger partial charge in [-0.2, -0.15) is 0 Å². The lowest BCUT2D eigenvalue weighted by molar-refractivity contribution is 0.120. The van der Waals surface area contributed by atoms with Gasteiger partial charge >= 0.3 is 0 Å². The van der Waals surface area contributed by atoms with Crippen LogP contribution in [-0.4, -0.2) is 33.4 Å². The van der Waals surface area contributed by atoms with Crippen LogP contribution >= 0.6 is 0 Å². The summed E-state index contributed by atoms with van der Waals surface area (Å²) in [7, 11) is -3.25. The summed E-state index contributed by atoms with van der Waals surface area (Å²) in [6.07, 6.45) is 0.929. The Hall–Kier alpha value is -0.130. The molecule has 0 aromatic heterocycles. The van der Waals surface area contributed by atoms with E-state index in [-0.39, 0.29) is 29.2 Å². The first-order valence-electron chi connectivity index (χ1n) is 6.91. The molecule has 0 unspecified atom stereocenters. The van der Waals surface area contributed by atoms with Gasteiger partial charge in [0, 0.05) is 12.6 Å². The van der Waals surface area contributed by atoms with Crippen LogP contribution in [0.4, 0.5) is 0 Å². The lowest BCUT2D eigenvalue weighted by Gasteiger charge is -2.27. The molecular formula is C14H31NO3S. The van der Waals surface area contributed by atoms with Gasteiger partial charge in [0.1, 0.15) is 0 Å². The van der Waals surface area contributed by atoms with Gasteiger partial charge in [0.25, 0.3) is 0 Å². The Morgan fingerprint density at radius 3 is 2.00 bits per heavy atom. The number of ether oxygens (including phenoxy) is 1. The van der Waals surface area contributed by atoms with Crippen molar-refractivity contribution < 1.29 is 13.2 Å². The Morgan fingerprint density at radius 1 is 1.05 bits per heavy atom. The number of sulfonamides is 1. The first-order chi connectivity index (χ1) is 8.33. The highest BCUT2D eigenvalue weighted by molar-refractivity contribution is 7.89. The Labute approximate surface area is 119 Å². The molecule has 0 fully saturated rings. The molecule has 1 atom stereocenters. The van der Waals surface area contributed by atoms with E-state index in [1.165, 1.54) is 0 Å². The van der Waals surface area contributed by atoms with Crippen LogP contribution in [0.25, 0.3) is 0 Å². The summed E-state index contributed by atoms with van der Waals surface area (Å²) in [6, 6.07) is -0.0907. The normalized spacial score (nSPS) is 15.5. The number of hydrogen-bond acceptors (Lipinski definition) is 3. The van der Waals surface area contributed by atoms with E-state index in [1.54, 1.807) is 0 Å². The Bertz CT molecular complexity index is 350. The molecule has 0 radical (unpaired) electrons. The zero-order valence-corrected chi connectivity index (χ0v) is 14.4. The summed E-state index contributed by atoms with van der Waals surface area (Å²) in [5, 5.41) is 0. The van der Waals surface area contributed by atoms with Crippen molar-refractivity contribution >= 4 is 10.0 Å². The zero-order valence-electron chi connectivity index (χ0n) is 13.5. The highest BCUT2D eigenvalue weighted by Crippen LogP contribution is 2.19. The second-order valence-electron chi connectivity index (χ2n) is 7.45. The monoisotopic (exact) mass is 293 g/mol. The van der Waals surface area contributed by atoms with Crippen LogP contribution in [0.5, 0.6) is 0 Å². The Balaban J connectivity index is 4.00. The van der Waals surface area contributed by atoms with Crippen molar-refractivity contribution in [2.45, 2.75) is 60.9 Å². The third-order valence-corrected chi connectivity index (χ3v) is 4.56. The van der Waals surface area contributed by atoms with E-state index in [9.17, 15) is 8.42 Å². The predicted octanol–water partition coefficient (Wildman–Crippen LogP) is 2.79. The van der Waals surface area contributed by atoms with Gasteiger partial charge in [0.2, 0.25) is 10.0 Å². The van der Waals surface area contributed by atoms with Crippen LogP contribution in [0.3, 0.4) is 0 Å². The second kappa shape index (κ2) is 7.04. The van der Waals surface area contributed by atoms with E-state index in [1.807, 2.05) is 27.7 Å². The van der Waals surface area contributed by atoms with E-state index in [0.717, 1.165) is 6.42 Å². The molecule has 0 spiro atoms. The fourth-order valence-corrected chi connectivity index (χ4v) is 2.50. The van der Waals surface area contributed by atoms with E-state index in [0.29, 0.717) is 6.61 Å². The lowest BCUT2D eigenvalue weighted by atomic mass is 9.89. The summed E-state index contributed by atoms with van der Waals surface area (Å²) in [4.78, 5) is 0. The molecule has 0 aliphatic heterocycles. The molecule has 19 heavy (non-hydrogen) atoms. The molecule has 4 nitrogen and oxygen atoms in total. The molecule has 0 rings (SSSR count). The van der Waals surface area contributed by atoms with Crippen molar-refractivity contribution in [3.63, 3.8) is 0 Å². The molecule has 0 aromatic carbocycles. The second-order valence-corrected chi connectivity index (χ2v) is 9.32. The number of rotatable bonds is 7. The first kappa shape index (κ1) is 18.9. The molecule has 0 saturated heterocycles. The summed E-state index contributed by atoms with van der Waals surface area (Å²) >= 11 is 0. The van der Waals surface area contributed by atoms with Gasteiger partial charge in [0.15, 0.2) is 0 Å². The zero-order chi connectivity index (χ0) is 15.3. The molecule has 0 aliphatic carbocycles. The molecular weight excluding hydrogens is 262 g/mol. The third kappa shape index (κ3) is 10.3. The van der Waals surface area contributed by atoms with Crippen molar-refractivity contribution in [3.8, 4) is 0 Å². The van der Waals surface area contributed by atoms with E-state index < -0.39 is 10.0 Å². The fourth-order valence-electron chi connectivity index (χ4n) is 1.15. The van der Waals surface area contributed by atoms with Gasteiger partial charge in [-0.25, -0.2) is 13.1 Å². The topological polar surface area (TPSA) is 55.4 Å². The molecule has 0 amide bonds. The van der Waals surface area contributed by atoms with Gasteiger partial charge in [-0.05, 0) is 24.2 Å². The molecule has 116 valence electrons. The average Bonchev–Trinajstić information content (AvgIpc) is 2.12. The minimum atomic E-state index is -3.25. The maximum Gasteiger partial charge on any atom is 0.214 e. The summed E-state index contributed by atoms with van der Waals surface area (Å²) in [6.45, 7) is 15.2. The molecule has 0 saturated carbocycles. The highest BCUT2D eigenvalue weighted by atomic mass is 32.2. The summed E-state index contributed by atoms with van der Waals surface area (Å²) in [5.74, 6) is 0.0254. The van der Waals surface area contributed by atoms with Gasteiger partial charge in [-0.3, -0.25) is 0 Å². The van der Waals surface area contributed by atoms with E-state index in [4.69, 9.17) is 4.74 Å². The number of hydrogen-bond donors (Lipinski definition) is 1. The molecule has 0 bridgehead atoms. The smallest absolute Gasteiger partial charge is 0.214 e. The predicted molar refractivity (Wildman–Crippen MR) is 80.7 cm³/mol. The van der Waals surface area contributed by atoms with Crippen LogP contribution in [0.15, 0.2) is 0 Å². The number of nitrogens with one attached hydrogen (secondary N) is 1. The van der Waals surface area contributed by atoms with Crippen molar-refractivity contribution in [1.82, 2.24) is 4.72 Å². The SMILES string of the molecule is C[C@@H](NS(=O)(=O)CCOCCC(C)(C)C)C(C)(C)C. The van der Waals surface area contributed by atoms with Crippen LogP contribution in [-0.2, 0) is 14.8 Å². The van der Waals surface area contributed by atoms with Gasteiger partial charge in [-0.1, -0.05) is 41.5 Å². The largest absolute Gasteiger partial charge is 0.380 e. The van der Waals surface area contributed by atoms with Crippen LogP contribution in [0.2, 0.25) is 0 Å². The molecule has 0 aromatic rings. The van der Waals surface area contributed by atoms with Gasteiger partial charge in [-0.15, -0.1) is 0 Å². The molecule has 1 N–H and O–H groups in total. The molecule has 0 aliphatic rings. The average molecular weight is 293 g/mol. The lowest BCUT2D eigenvalue weighted by Crippen LogP contribution is -2.42. The standard InChI is InChI=1S/C14H31NO3S/c1-12(14(5,6)7)15-19(16,17)11-10-18-9-8-13(2,3)4/h12,15H,8-11H2,1-7H3/t12-/m1/s1. The van der Waals surface area contributed by atoms with Crippen molar-refractivity contribution in [3.05, 3.63) is 0 Å². The van der Waals surface area contributed by atoms with Gasteiger partial charge in [0.05, 0.1) is 12.4 Å². The van der Waals surface area contributed by atoms with Crippen molar-refractivity contribution in [2.24, 2.45) is 10.8 Å². The van der Waals surface area contributed by atoms with Crippen molar-refractivity contribution in [1.29, 1.82) is 0 Å². The summed E-state index contributed by atoms with van der Waals surface area (Å²) < 4.78 is 31.8. The van der Waals surface area contributed by atoms with Gasteiger partial charge < -0.3 is 4.74 Å². The van der Waals surface area contributed by atoms with Crippen LogP contribution in [0, 0.1) is 10.8 Å². The Morgan fingerprint density at radius 2 is 1.58 bits per heavy atom. The first-order valence-corrected chi connectivity index (χ1v) is 8.56. The maximum absolute atomic E-state index is 11.9. The Kier molecular flexibility index (Phi) is 7.00. The van der Waals surface area contributed by atoms with Crippen molar-refractivity contribution in [2.75, 3.05) is 19.0 Å². The highest BCUT2D eigenvalue weighted by Gasteiger charge is 2.24. The summed E-state index contributed by atoms with van der Waals surface area (Å²) in [5.41, 5.74) is 0.137. The molecule has 5 heteroatoms.